The lowest BCUT2D eigenvalue weighted by Gasteiger charge is -2.28. The number of carbonyl (C=O) groups excluding carboxylic acids is 2. The fourth-order valence-electron chi connectivity index (χ4n) is 4.70. The number of rotatable bonds is 5. The minimum absolute atomic E-state index is 0.0139. The first kappa shape index (κ1) is 28.8. The summed E-state index contributed by atoms with van der Waals surface area (Å²) in [6.07, 6.45) is 0. The Morgan fingerprint density at radius 2 is 1.54 bits per heavy atom. The molecular formula is C30H28Cl3NO5. The molecule has 0 radical (unpaired) electrons. The number of hydrogen-bond donors (Lipinski definition) is 1. The van der Waals surface area contributed by atoms with Crippen molar-refractivity contribution in [2.24, 2.45) is 0 Å². The van der Waals surface area contributed by atoms with Gasteiger partial charge in [-0.05, 0) is 47.2 Å². The Morgan fingerprint density at radius 1 is 0.923 bits per heavy atom. The van der Waals surface area contributed by atoms with Crippen LogP contribution in [0.1, 0.15) is 49.1 Å². The molecule has 3 aromatic carbocycles. The quantitative estimate of drug-likeness (QED) is 0.186. The Kier molecular flexibility index (Phi) is 7.95. The van der Waals surface area contributed by atoms with Gasteiger partial charge in [0.2, 0.25) is 0 Å². The molecule has 6 nitrogen and oxygen atoms in total. The molecule has 1 fully saturated rings. The molecule has 9 heteroatoms. The second-order valence-corrected chi connectivity index (χ2v) is 11.5. The van der Waals surface area contributed by atoms with Crippen LogP contribution in [-0.4, -0.2) is 31.0 Å². The number of benzene rings is 3. The van der Waals surface area contributed by atoms with Gasteiger partial charge in [0.1, 0.15) is 10.8 Å². The predicted octanol–water partition coefficient (Wildman–Crippen LogP) is 7.90. The molecule has 1 atom stereocenters. The van der Waals surface area contributed by atoms with Gasteiger partial charge in [-0.15, -0.1) is 0 Å². The van der Waals surface area contributed by atoms with Gasteiger partial charge in [0.25, 0.3) is 11.7 Å². The Balaban J connectivity index is 2.04. The summed E-state index contributed by atoms with van der Waals surface area (Å²) < 4.78 is 10.7. The van der Waals surface area contributed by atoms with E-state index in [0.29, 0.717) is 16.3 Å². The van der Waals surface area contributed by atoms with E-state index in [-0.39, 0.29) is 38.1 Å². The first-order valence-electron chi connectivity index (χ1n) is 12.1. The lowest BCUT2D eigenvalue weighted by Crippen LogP contribution is -2.30. The second-order valence-electron chi connectivity index (χ2n) is 10.3. The van der Waals surface area contributed by atoms with E-state index in [9.17, 15) is 14.7 Å². The number of ketones is 1. The van der Waals surface area contributed by atoms with Crippen LogP contribution in [0.25, 0.3) is 5.76 Å². The van der Waals surface area contributed by atoms with Crippen LogP contribution in [0, 0.1) is 6.92 Å². The maximum absolute atomic E-state index is 13.6. The van der Waals surface area contributed by atoms with Crippen molar-refractivity contribution < 1.29 is 24.2 Å². The Labute approximate surface area is 242 Å². The topological polar surface area (TPSA) is 76.1 Å². The van der Waals surface area contributed by atoms with Crippen LogP contribution < -0.4 is 14.4 Å². The van der Waals surface area contributed by atoms with Gasteiger partial charge in [0.05, 0.1) is 36.4 Å². The minimum atomic E-state index is -0.972. The first-order valence-corrected chi connectivity index (χ1v) is 13.2. The third-order valence-corrected chi connectivity index (χ3v) is 7.62. The monoisotopic (exact) mass is 587 g/mol. The van der Waals surface area contributed by atoms with Crippen LogP contribution in [0.2, 0.25) is 15.1 Å². The summed E-state index contributed by atoms with van der Waals surface area (Å²) in [4.78, 5) is 28.6. The molecule has 39 heavy (non-hydrogen) atoms. The van der Waals surface area contributed by atoms with Crippen LogP contribution in [0.4, 0.5) is 5.69 Å². The lowest BCUT2D eigenvalue weighted by atomic mass is 9.85. The van der Waals surface area contributed by atoms with Crippen molar-refractivity contribution in [2.75, 3.05) is 19.1 Å². The molecular weight excluding hydrogens is 561 g/mol. The zero-order valence-corrected chi connectivity index (χ0v) is 24.6. The van der Waals surface area contributed by atoms with E-state index in [1.165, 1.54) is 25.2 Å². The summed E-state index contributed by atoms with van der Waals surface area (Å²) in [7, 11) is 2.76. The van der Waals surface area contributed by atoms with E-state index in [1.807, 2.05) is 31.2 Å². The summed E-state index contributed by atoms with van der Waals surface area (Å²) in [6, 6.07) is 13.1. The van der Waals surface area contributed by atoms with Gasteiger partial charge in [-0.2, -0.15) is 0 Å². The molecule has 0 spiro atoms. The van der Waals surface area contributed by atoms with E-state index in [1.54, 1.807) is 18.2 Å². The van der Waals surface area contributed by atoms with Crippen molar-refractivity contribution in [3.8, 4) is 11.5 Å². The number of aryl methyl sites for hydroxylation is 1. The highest BCUT2D eigenvalue weighted by Crippen LogP contribution is 2.48. The van der Waals surface area contributed by atoms with Crippen molar-refractivity contribution in [1.29, 1.82) is 0 Å². The van der Waals surface area contributed by atoms with Gasteiger partial charge in [0.15, 0.2) is 11.5 Å². The Hall–Kier alpha value is -3.19. The second kappa shape index (κ2) is 10.8. The van der Waals surface area contributed by atoms with E-state index < -0.39 is 23.5 Å². The van der Waals surface area contributed by atoms with Gasteiger partial charge in [-0.25, -0.2) is 0 Å². The molecule has 1 aliphatic heterocycles. The first-order chi connectivity index (χ1) is 18.3. The molecule has 3 aromatic rings. The van der Waals surface area contributed by atoms with E-state index >= 15 is 0 Å². The van der Waals surface area contributed by atoms with Gasteiger partial charge < -0.3 is 14.6 Å². The number of aliphatic hydroxyl groups excluding tert-OH is 1. The molecule has 0 bridgehead atoms. The van der Waals surface area contributed by atoms with Crippen molar-refractivity contribution in [3.63, 3.8) is 0 Å². The third-order valence-electron chi connectivity index (χ3n) is 6.76. The number of nitrogens with zero attached hydrogens (tertiary/aromatic N) is 1. The third kappa shape index (κ3) is 5.09. The molecule has 0 aromatic heterocycles. The summed E-state index contributed by atoms with van der Waals surface area (Å²) in [6.45, 7) is 8.09. The molecule has 1 saturated heterocycles. The van der Waals surface area contributed by atoms with E-state index in [2.05, 4.69) is 20.8 Å². The lowest BCUT2D eigenvalue weighted by molar-refractivity contribution is -0.132. The summed E-state index contributed by atoms with van der Waals surface area (Å²) in [5.74, 6) is -1.97. The molecule has 1 amide bonds. The molecule has 4 rings (SSSR count). The van der Waals surface area contributed by atoms with Crippen LogP contribution in [-0.2, 0) is 15.0 Å². The number of methoxy groups -OCH3 is 2. The molecule has 0 saturated carbocycles. The van der Waals surface area contributed by atoms with Gasteiger partial charge in [-0.1, -0.05) is 85.9 Å². The largest absolute Gasteiger partial charge is 0.507 e. The molecule has 1 N–H and O–H groups in total. The van der Waals surface area contributed by atoms with Crippen LogP contribution in [0.5, 0.6) is 11.5 Å². The maximum atomic E-state index is 13.6. The molecule has 1 heterocycles. The molecule has 1 unspecified atom stereocenters. The summed E-state index contributed by atoms with van der Waals surface area (Å²) in [5, 5.41) is 12.2. The maximum Gasteiger partial charge on any atom is 0.300 e. The molecule has 204 valence electrons. The predicted molar refractivity (Wildman–Crippen MR) is 156 cm³/mol. The van der Waals surface area contributed by atoms with Crippen molar-refractivity contribution in [2.45, 2.75) is 39.2 Å². The van der Waals surface area contributed by atoms with Crippen LogP contribution >= 0.6 is 34.8 Å². The highest BCUT2D eigenvalue weighted by atomic mass is 35.5. The number of ether oxygens (including phenoxy) is 2. The average Bonchev–Trinajstić information content (AvgIpc) is 3.14. The van der Waals surface area contributed by atoms with Gasteiger partial charge >= 0.3 is 0 Å². The van der Waals surface area contributed by atoms with E-state index in [4.69, 9.17) is 44.3 Å². The van der Waals surface area contributed by atoms with Crippen LogP contribution in [0.3, 0.4) is 0 Å². The number of Topliss-reactive ketones (excluding diaryl/α,β-unsaturated/α-hetero) is 1. The van der Waals surface area contributed by atoms with E-state index in [0.717, 1.165) is 11.1 Å². The minimum Gasteiger partial charge on any atom is -0.507 e. The smallest absolute Gasteiger partial charge is 0.300 e. The number of carbonyl (C=O) groups is 2. The van der Waals surface area contributed by atoms with Crippen molar-refractivity contribution >= 4 is 57.9 Å². The highest BCUT2D eigenvalue weighted by Gasteiger charge is 2.48. The average molecular weight is 589 g/mol. The number of anilines is 1. The Bertz CT molecular complexity index is 1510. The fraction of sp³-hybridized carbons (Fsp3) is 0.267. The number of hydrogen-bond acceptors (Lipinski definition) is 5. The normalized spacial score (nSPS) is 17.1. The fourth-order valence-corrected chi connectivity index (χ4v) is 5.55. The van der Waals surface area contributed by atoms with Crippen molar-refractivity contribution in [3.05, 3.63) is 91.4 Å². The standard InChI is InChI=1S/C30H28Cl3NO5/c1-15-7-12-18(31)13-21(15)34-24(16-8-10-17(11-9-16)30(2,3)4)22(26(36)29(34)37)25(35)19-14-20(32)28(39-6)23(33)27(19)38-5/h7-14,24,35H,1-6H3/b25-22+. The summed E-state index contributed by atoms with van der Waals surface area (Å²) in [5.41, 5.74) is 2.65. The van der Waals surface area contributed by atoms with Gasteiger partial charge in [0, 0.05) is 10.7 Å². The zero-order chi connectivity index (χ0) is 28.8. The number of halogens is 3. The highest BCUT2D eigenvalue weighted by molar-refractivity contribution is 6.52. The van der Waals surface area contributed by atoms with Crippen LogP contribution in [0.15, 0.2) is 54.1 Å². The number of aliphatic hydroxyl groups is 1. The molecule has 0 aliphatic carbocycles. The molecule has 1 aliphatic rings. The zero-order valence-electron chi connectivity index (χ0n) is 22.4. The van der Waals surface area contributed by atoms with Crippen molar-refractivity contribution in [1.82, 2.24) is 0 Å². The Morgan fingerprint density at radius 3 is 2.10 bits per heavy atom. The van der Waals surface area contributed by atoms with Gasteiger partial charge in [-0.3, -0.25) is 14.5 Å². The SMILES string of the molecule is COc1c(Cl)cc(/C(O)=C2\C(=O)C(=O)N(c3cc(Cl)ccc3C)C2c2ccc(C(C)(C)C)cc2)c(OC)c1Cl. The summed E-state index contributed by atoms with van der Waals surface area (Å²) >= 11 is 19.1. The number of amides is 1.